The van der Waals surface area contributed by atoms with Gasteiger partial charge in [-0.1, -0.05) is 12.1 Å². The summed E-state index contributed by atoms with van der Waals surface area (Å²) >= 11 is 0. The molecule has 0 unspecified atom stereocenters. The van der Waals surface area contributed by atoms with E-state index in [1.165, 1.54) is 35.9 Å². The minimum absolute atomic E-state index is 0.423. The molecule has 3 aromatic rings. The van der Waals surface area contributed by atoms with Crippen molar-refractivity contribution < 1.29 is 4.74 Å². The van der Waals surface area contributed by atoms with Crippen molar-refractivity contribution in [1.82, 2.24) is 20.3 Å². The second-order valence-electron chi connectivity index (χ2n) is 8.16. The van der Waals surface area contributed by atoms with Gasteiger partial charge >= 0.3 is 0 Å². The first-order valence-corrected chi connectivity index (χ1v) is 10.8. The molecule has 1 aromatic carbocycles. The van der Waals surface area contributed by atoms with Crippen molar-refractivity contribution in [1.29, 1.82) is 0 Å². The van der Waals surface area contributed by atoms with E-state index in [1.807, 2.05) is 6.20 Å². The monoisotopic (exact) mass is 401 g/mol. The zero-order chi connectivity index (χ0) is 20.3. The van der Waals surface area contributed by atoms with Crippen LogP contribution in [0.2, 0.25) is 0 Å². The fraction of sp³-hybridized carbons (Fsp3) is 0.375. The molecule has 0 saturated carbocycles. The molecule has 0 aliphatic carbocycles. The Bertz CT molecular complexity index is 1010. The summed E-state index contributed by atoms with van der Waals surface area (Å²) in [6.45, 7) is 2.80. The summed E-state index contributed by atoms with van der Waals surface area (Å²) in [5.74, 6) is 1.07. The van der Waals surface area contributed by atoms with Gasteiger partial charge in [0.1, 0.15) is 12.1 Å². The Labute approximate surface area is 176 Å². The summed E-state index contributed by atoms with van der Waals surface area (Å²) in [5.41, 5.74) is 13.0. The molecule has 3 N–H and O–H groups in total. The number of nitrogens with two attached hydrogens (primary N) is 1. The van der Waals surface area contributed by atoms with Gasteiger partial charge in [-0.25, -0.2) is 15.0 Å². The second kappa shape index (κ2) is 8.50. The molecule has 6 nitrogen and oxygen atoms in total. The molecule has 0 bridgehead atoms. The topological polar surface area (TPSA) is 86.0 Å². The third-order valence-electron chi connectivity index (χ3n) is 6.31. The van der Waals surface area contributed by atoms with Crippen LogP contribution >= 0.6 is 0 Å². The third-order valence-corrected chi connectivity index (χ3v) is 6.31. The number of hydrogen-bond acceptors (Lipinski definition) is 6. The molecule has 2 fully saturated rings. The van der Waals surface area contributed by atoms with Crippen LogP contribution in [0.3, 0.4) is 0 Å². The van der Waals surface area contributed by atoms with E-state index in [-0.39, 0.29) is 0 Å². The molecular weight excluding hydrogens is 374 g/mol. The van der Waals surface area contributed by atoms with E-state index >= 15 is 0 Å². The van der Waals surface area contributed by atoms with E-state index in [4.69, 9.17) is 10.5 Å². The van der Waals surface area contributed by atoms with E-state index in [2.05, 4.69) is 44.5 Å². The van der Waals surface area contributed by atoms with Gasteiger partial charge in [0.05, 0.1) is 0 Å². The number of benzene rings is 1. The molecule has 1 atom stereocenters. The lowest BCUT2D eigenvalue weighted by molar-refractivity contribution is 0.0851. The number of rotatable bonds is 4. The molecule has 4 heterocycles. The number of nitrogen functional groups attached to an aromatic ring is 1. The number of aromatic nitrogens is 3. The molecule has 0 radical (unpaired) electrons. The average Bonchev–Trinajstić information content (AvgIpc) is 3.35. The van der Waals surface area contributed by atoms with Crippen molar-refractivity contribution in [3.8, 4) is 22.3 Å². The minimum Gasteiger partial charge on any atom is -0.383 e. The first-order chi connectivity index (χ1) is 14.8. The van der Waals surface area contributed by atoms with Crippen molar-refractivity contribution in [2.75, 3.05) is 25.5 Å². The lowest BCUT2D eigenvalue weighted by Crippen LogP contribution is -2.19. The van der Waals surface area contributed by atoms with E-state index in [1.54, 1.807) is 12.4 Å². The Morgan fingerprint density at radius 3 is 2.50 bits per heavy atom. The molecule has 0 spiro atoms. The average molecular weight is 402 g/mol. The zero-order valence-electron chi connectivity index (χ0n) is 17.1. The van der Waals surface area contributed by atoms with E-state index in [0.717, 1.165) is 49.3 Å². The van der Waals surface area contributed by atoms with Gasteiger partial charge in [-0.3, -0.25) is 0 Å². The Hall–Kier alpha value is -2.83. The fourth-order valence-electron chi connectivity index (χ4n) is 4.69. The summed E-state index contributed by atoms with van der Waals surface area (Å²) < 4.78 is 5.60. The van der Waals surface area contributed by atoms with Gasteiger partial charge in [0.2, 0.25) is 0 Å². The highest BCUT2D eigenvalue weighted by atomic mass is 16.5. The largest absolute Gasteiger partial charge is 0.383 e. The van der Waals surface area contributed by atoms with Crippen molar-refractivity contribution in [3.63, 3.8) is 0 Å². The molecular formula is C24H27N5O. The van der Waals surface area contributed by atoms with Gasteiger partial charge in [-0.2, -0.15) is 0 Å². The summed E-state index contributed by atoms with van der Waals surface area (Å²) in [4.78, 5) is 12.7. The van der Waals surface area contributed by atoms with Crippen LogP contribution in [-0.4, -0.2) is 34.7 Å². The Balaban J connectivity index is 1.55. The molecule has 2 aromatic heterocycles. The SMILES string of the molecule is Nc1ncc(-c2ccc(C3CCOCC3)c([C@@H]3CCCN3)c2)cc1-c1cncnc1. The Morgan fingerprint density at radius 2 is 1.73 bits per heavy atom. The molecule has 30 heavy (non-hydrogen) atoms. The predicted octanol–water partition coefficient (Wildman–Crippen LogP) is 4.11. The highest BCUT2D eigenvalue weighted by Gasteiger charge is 2.25. The van der Waals surface area contributed by atoms with Gasteiger partial charge in [-0.05, 0) is 67.0 Å². The van der Waals surface area contributed by atoms with Crippen LogP contribution in [0.1, 0.15) is 48.8 Å². The van der Waals surface area contributed by atoms with Crippen LogP contribution in [0.5, 0.6) is 0 Å². The Kier molecular flexibility index (Phi) is 5.43. The third kappa shape index (κ3) is 3.80. The second-order valence-corrected chi connectivity index (χ2v) is 8.16. The molecule has 2 saturated heterocycles. The summed E-state index contributed by atoms with van der Waals surface area (Å²) in [7, 11) is 0. The lowest BCUT2D eigenvalue weighted by atomic mass is 9.84. The van der Waals surface area contributed by atoms with Crippen LogP contribution < -0.4 is 11.1 Å². The number of ether oxygens (including phenoxy) is 1. The maximum atomic E-state index is 6.16. The molecule has 2 aliphatic heterocycles. The predicted molar refractivity (Wildman–Crippen MR) is 118 cm³/mol. The lowest BCUT2D eigenvalue weighted by Gasteiger charge is -2.27. The number of nitrogens with zero attached hydrogens (tertiary/aromatic N) is 3. The van der Waals surface area contributed by atoms with Gasteiger partial charge < -0.3 is 15.8 Å². The highest BCUT2D eigenvalue weighted by Crippen LogP contribution is 2.38. The molecule has 154 valence electrons. The van der Waals surface area contributed by atoms with Gasteiger partial charge in [0.15, 0.2) is 0 Å². The van der Waals surface area contributed by atoms with Crippen LogP contribution in [-0.2, 0) is 4.74 Å². The molecule has 0 amide bonds. The first-order valence-electron chi connectivity index (χ1n) is 10.8. The molecule has 6 heteroatoms. The van der Waals surface area contributed by atoms with Crippen LogP contribution in [0.15, 0.2) is 49.2 Å². The number of pyridine rings is 1. The quantitative estimate of drug-likeness (QED) is 0.684. The minimum atomic E-state index is 0.423. The number of nitrogens with one attached hydrogen (secondary N) is 1. The van der Waals surface area contributed by atoms with Crippen LogP contribution in [0.4, 0.5) is 5.82 Å². The van der Waals surface area contributed by atoms with E-state index in [9.17, 15) is 0 Å². The van der Waals surface area contributed by atoms with Crippen LogP contribution in [0, 0.1) is 0 Å². The van der Waals surface area contributed by atoms with Gasteiger partial charge in [-0.15, -0.1) is 0 Å². The Morgan fingerprint density at radius 1 is 0.900 bits per heavy atom. The maximum absolute atomic E-state index is 6.16. The van der Waals surface area contributed by atoms with Gasteiger partial charge in [0.25, 0.3) is 0 Å². The summed E-state index contributed by atoms with van der Waals surface area (Å²) in [6.07, 6.45) is 11.5. The molecule has 2 aliphatic rings. The standard InChI is InChI=1S/C24H27N5O/c25-24-21(19-12-26-15-27-13-19)11-18(14-29-24)17-3-4-20(16-5-8-30-9-6-16)22(10-17)23-2-1-7-28-23/h3-4,10-16,23,28H,1-2,5-9H2,(H2,25,29)/t23-/m0/s1. The molecule has 5 rings (SSSR count). The van der Waals surface area contributed by atoms with Crippen molar-refractivity contribution in [2.24, 2.45) is 0 Å². The number of hydrogen-bond donors (Lipinski definition) is 2. The van der Waals surface area contributed by atoms with Crippen LogP contribution in [0.25, 0.3) is 22.3 Å². The first kappa shape index (κ1) is 19.2. The van der Waals surface area contributed by atoms with Crippen molar-refractivity contribution >= 4 is 5.82 Å². The highest BCUT2D eigenvalue weighted by molar-refractivity contribution is 5.78. The maximum Gasteiger partial charge on any atom is 0.131 e. The van der Waals surface area contributed by atoms with E-state index < -0.39 is 0 Å². The summed E-state index contributed by atoms with van der Waals surface area (Å²) in [5, 5.41) is 3.69. The number of anilines is 1. The van der Waals surface area contributed by atoms with Crippen molar-refractivity contribution in [3.05, 3.63) is 60.3 Å². The zero-order valence-corrected chi connectivity index (χ0v) is 17.1. The van der Waals surface area contributed by atoms with Crippen molar-refractivity contribution in [2.45, 2.75) is 37.6 Å². The normalized spacial score (nSPS) is 19.8. The summed E-state index contributed by atoms with van der Waals surface area (Å²) in [6, 6.07) is 9.42. The fourth-order valence-corrected chi connectivity index (χ4v) is 4.69. The van der Waals surface area contributed by atoms with E-state index in [0.29, 0.717) is 17.8 Å². The van der Waals surface area contributed by atoms with Gasteiger partial charge in [0, 0.05) is 54.5 Å². The smallest absolute Gasteiger partial charge is 0.131 e.